The molecule has 1 atom stereocenters. The van der Waals surface area contributed by atoms with Crippen LogP contribution in [-0.2, 0) is 17.6 Å². The molecule has 0 bridgehead atoms. The van der Waals surface area contributed by atoms with Crippen LogP contribution < -0.4 is 5.32 Å². The van der Waals surface area contributed by atoms with E-state index >= 15 is 0 Å². The molecule has 2 aromatic rings. The number of amides is 1. The Kier molecular flexibility index (Phi) is 5.76. The first-order valence-electron chi connectivity index (χ1n) is 9.62. The number of aromatic hydroxyl groups is 1. The third kappa shape index (κ3) is 4.56. The number of hydrogen-bond donors (Lipinski definition) is 2. The third-order valence-electron chi connectivity index (χ3n) is 5.10. The highest BCUT2D eigenvalue weighted by molar-refractivity contribution is 8.15. The number of carbonyl (C=O) groups is 2. The molecule has 2 aliphatic rings. The normalized spacial score (nSPS) is 20.1. The predicted molar refractivity (Wildman–Crippen MR) is 115 cm³/mol. The molecule has 1 saturated heterocycles. The van der Waals surface area contributed by atoms with Crippen molar-refractivity contribution in [2.24, 2.45) is 10.2 Å². The summed E-state index contributed by atoms with van der Waals surface area (Å²) in [5.74, 6) is -0.170. The van der Waals surface area contributed by atoms with Gasteiger partial charge in [-0.05, 0) is 55.0 Å². The molecular formula is C22H21N3O3S. The lowest BCUT2D eigenvalue weighted by Crippen LogP contribution is -2.26. The van der Waals surface area contributed by atoms with Crippen LogP contribution in [0.1, 0.15) is 46.3 Å². The Labute approximate surface area is 173 Å². The van der Waals surface area contributed by atoms with E-state index in [0.29, 0.717) is 16.3 Å². The number of nitrogens with zero attached hydrogens (tertiary/aromatic N) is 2. The Balaban J connectivity index is 1.39. The van der Waals surface area contributed by atoms with E-state index < -0.39 is 5.25 Å². The Hall–Kier alpha value is -2.93. The number of aryl methyl sites for hydroxylation is 2. The van der Waals surface area contributed by atoms with Crippen LogP contribution in [0.25, 0.3) is 0 Å². The summed E-state index contributed by atoms with van der Waals surface area (Å²) >= 11 is 1.20. The van der Waals surface area contributed by atoms with E-state index in [0.717, 1.165) is 19.3 Å². The highest BCUT2D eigenvalue weighted by Gasteiger charge is 2.32. The summed E-state index contributed by atoms with van der Waals surface area (Å²) in [6.45, 7) is 0. The lowest BCUT2D eigenvalue weighted by molar-refractivity contribution is -0.118. The minimum Gasteiger partial charge on any atom is -0.507 e. The Morgan fingerprint density at radius 1 is 1.17 bits per heavy atom. The van der Waals surface area contributed by atoms with Crippen molar-refractivity contribution < 1.29 is 14.7 Å². The molecule has 0 aromatic heterocycles. The summed E-state index contributed by atoms with van der Waals surface area (Å²) < 4.78 is 0. The first kappa shape index (κ1) is 19.4. The number of hydrogen-bond acceptors (Lipinski definition) is 6. The second-order valence-electron chi connectivity index (χ2n) is 7.12. The molecule has 0 spiro atoms. The highest BCUT2D eigenvalue weighted by Crippen LogP contribution is 2.26. The van der Waals surface area contributed by atoms with Crippen molar-refractivity contribution >= 4 is 34.8 Å². The molecule has 1 amide bonds. The van der Waals surface area contributed by atoms with Crippen molar-refractivity contribution in [1.82, 2.24) is 5.32 Å². The van der Waals surface area contributed by atoms with Crippen molar-refractivity contribution in [3.63, 3.8) is 0 Å². The molecule has 1 fully saturated rings. The van der Waals surface area contributed by atoms with Crippen molar-refractivity contribution in [2.45, 2.75) is 37.4 Å². The number of nitrogens with one attached hydrogen (secondary N) is 1. The molecule has 148 valence electrons. The molecule has 1 unspecified atom stereocenters. The van der Waals surface area contributed by atoms with Gasteiger partial charge in [-0.1, -0.05) is 36.0 Å². The number of phenolic OH excluding ortho intramolecular Hbond substituents is 1. The molecule has 1 aliphatic carbocycles. The number of ketones is 1. The van der Waals surface area contributed by atoms with Gasteiger partial charge >= 0.3 is 0 Å². The summed E-state index contributed by atoms with van der Waals surface area (Å²) in [6.07, 6.45) is 5.99. The highest BCUT2D eigenvalue weighted by atomic mass is 32.2. The van der Waals surface area contributed by atoms with E-state index in [9.17, 15) is 14.7 Å². The summed E-state index contributed by atoms with van der Waals surface area (Å²) in [4.78, 5) is 24.9. The van der Waals surface area contributed by atoms with Gasteiger partial charge < -0.3 is 10.4 Å². The smallest absolute Gasteiger partial charge is 0.240 e. The number of thioether (sulfide) groups is 1. The Morgan fingerprint density at radius 3 is 2.79 bits per heavy atom. The number of amidine groups is 1. The van der Waals surface area contributed by atoms with E-state index in [4.69, 9.17) is 0 Å². The first-order chi connectivity index (χ1) is 14.1. The molecule has 1 heterocycles. The molecule has 4 rings (SSSR count). The Morgan fingerprint density at radius 2 is 1.97 bits per heavy atom. The molecule has 0 saturated carbocycles. The molecule has 2 aromatic carbocycles. The Bertz CT molecular complexity index is 1020. The number of carbonyl (C=O) groups excluding carboxylic acids is 2. The van der Waals surface area contributed by atoms with Crippen LogP contribution in [0.15, 0.2) is 52.7 Å². The molecule has 29 heavy (non-hydrogen) atoms. The predicted octanol–water partition coefficient (Wildman–Crippen LogP) is 3.47. The largest absolute Gasteiger partial charge is 0.507 e. The average Bonchev–Trinajstić information content (AvgIpc) is 3.08. The third-order valence-corrected chi connectivity index (χ3v) is 6.17. The fraction of sp³-hybridized carbons (Fsp3) is 0.273. The van der Waals surface area contributed by atoms with Crippen LogP contribution in [-0.4, -0.2) is 33.4 Å². The maximum Gasteiger partial charge on any atom is 0.240 e. The SMILES string of the molecule is O=C(CC1S/C(=N\N=C\c2ccccc2O)NC1=O)c1ccc2c(c1)CCCC2. The summed E-state index contributed by atoms with van der Waals surface area (Å²) in [6, 6.07) is 12.7. The number of para-hydroxylation sites is 1. The van der Waals surface area contributed by atoms with E-state index in [1.165, 1.54) is 35.5 Å². The number of fused-ring (bicyclic) bond motifs is 1. The summed E-state index contributed by atoms with van der Waals surface area (Å²) in [5, 5.41) is 20.1. The number of phenols is 1. The average molecular weight is 407 g/mol. The van der Waals surface area contributed by atoms with Crippen molar-refractivity contribution in [1.29, 1.82) is 0 Å². The zero-order valence-electron chi connectivity index (χ0n) is 15.8. The first-order valence-corrected chi connectivity index (χ1v) is 10.5. The van der Waals surface area contributed by atoms with Gasteiger partial charge in [-0.15, -0.1) is 5.10 Å². The fourth-order valence-electron chi connectivity index (χ4n) is 3.52. The number of Topliss-reactive ketones (excluding diaryl/α,β-unsaturated/α-hetero) is 1. The van der Waals surface area contributed by atoms with Gasteiger partial charge in [0.1, 0.15) is 5.75 Å². The summed E-state index contributed by atoms with van der Waals surface area (Å²) in [5.41, 5.74) is 3.79. The number of rotatable bonds is 5. The van der Waals surface area contributed by atoms with E-state index in [2.05, 4.69) is 15.5 Å². The van der Waals surface area contributed by atoms with Gasteiger partial charge in [0.05, 0.1) is 11.5 Å². The van der Waals surface area contributed by atoms with Crippen LogP contribution in [0.2, 0.25) is 0 Å². The van der Waals surface area contributed by atoms with Crippen LogP contribution in [0.3, 0.4) is 0 Å². The zero-order chi connectivity index (χ0) is 20.2. The molecular weight excluding hydrogens is 386 g/mol. The topological polar surface area (TPSA) is 91.1 Å². The van der Waals surface area contributed by atoms with E-state index in [-0.39, 0.29) is 23.9 Å². The molecule has 2 N–H and O–H groups in total. The van der Waals surface area contributed by atoms with Gasteiger partial charge in [0, 0.05) is 17.5 Å². The minimum absolute atomic E-state index is 0.0371. The maximum atomic E-state index is 12.7. The molecule has 1 aliphatic heterocycles. The van der Waals surface area contributed by atoms with Crippen molar-refractivity contribution in [2.75, 3.05) is 0 Å². The quantitative estimate of drug-likeness (QED) is 0.451. The van der Waals surface area contributed by atoms with Crippen LogP contribution >= 0.6 is 11.8 Å². The van der Waals surface area contributed by atoms with Gasteiger partial charge in [-0.2, -0.15) is 5.10 Å². The standard InChI is InChI=1S/C22H21N3O3S/c26-18-8-4-3-7-17(18)13-23-25-22-24-21(28)20(29-22)12-19(27)16-10-9-14-5-1-2-6-15(14)11-16/h3-4,7-11,13,20,26H,1-2,5-6,12H2,(H,24,25,28)/b23-13+. The van der Waals surface area contributed by atoms with Crippen LogP contribution in [0.4, 0.5) is 0 Å². The van der Waals surface area contributed by atoms with Gasteiger partial charge in [0.2, 0.25) is 5.91 Å². The monoisotopic (exact) mass is 407 g/mol. The maximum absolute atomic E-state index is 12.7. The molecule has 6 nitrogen and oxygen atoms in total. The van der Waals surface area contributed by atoms with Crippen molar-refractivity contribution in [3.05, 3.63) is 64.7 Å². The van der Waals surface area contributed by atoms with Crippen LogP contribution in [0.5, 0.6) is 5.75 Å². The van der Waals surface area contributed by atoms with Crippen LogP contribution in [0, 0.1) is 0 Å². The van der Waals surface area contributed by atoms with E-state index in [1.807, 2.05) is 18.2 Å². The minimum atomic E-state index is -0.516. The zero-order valence-corrected chi connectivity index (χ0v) is 16.6. The van der Waals surface area contributed by atoms with E-state index in [1.54, 1.807) is 24.3 Å². The second-order valence-corrected chi connectivity index (χ2v) is 8.31. The lowest BCUT2D eigenvalue weighted by atomic mass is 9.89. The van der Waals surface area contributed by atoms with Gasteiger partial charge in [-0.3, -0.25) is 9.59 Å². The second kappa shape index (κ2) is 8.61. The summed E-state index contributed by atoms with van der Waals surface area (Å²) in [7, 11) is 0. The lowest BCUT2D eigenvalue weighted by Gasteiger charge is -2.16. The van der Waals surface area contributed by atoms with Gasteiger partial charge in [-0.25, -0.2) is 0 Å². The fourth-order valence-corrected chi connectivity index (χ4v) is 4.44. The molecule has 0 radical (unpaired) electrons. The van der Waals surface area contributed by atoms with Gasteiger partial charge in [0.15, 0.2) is 11.0 Å². The van der Waals surface area contributed by atoms with Gasteiger partial charge in [0.25, 0.3) is 0 Å². The number of benzene rings is 2. The molecule has 7 heteroatoms. The van der Waals surface area contributed by atoms with Crippen molar-refractivity contribution in [3.8, 4) is 5.75 Å².